The first-order valence-electron chi connectivity index (χ1n) is 3.70. The summed E-state index contributed by atoms with van der Waals surface area (Å²) in [6.07, 6.45) is 0. The van der Waals surface area contributed by atoms with Crippen LogP contribution in [-0.2, 0) is 0 Å². The molecule has 0 spiro atoms. The Morgan fingerprint density at radius 1 is 1.62 bits per heavy atom. The highest BCUT2D eigenvalue weighted by molar-refractivity contribution is 6.32. The molecule has 0 aliphatic rings. The highest BCUT2D eigenvalue weighted by Gasteiger charge is 2.17. The third kappa shape index (κ3) is 1.02. The number of carboxylic acid groups (broad SMARTS) is 1. The largest absolute Gasteiger partial charge is 0.476 e. The number of carbonyl (C=O) groups is 1. The maximum atomic E-state index is 10.8. The molecule has 0 aliphatic heterocycles. The number of hydrogen-bond donors (Lipinski definition) is 2. The second-order valence-corrected chi connectivity index (χ2v) is 3.17. The van der Waals surface area contributed by atoms with E-state index in [1.165, 1.54) is 0 Å². The molecule has 2 heterocycles. The quantitative estimate of drug-likeness (QED) is 0.736. The Labute approximate surface area is 78.7 Å². The van der Waals surface area contributed by atoms with Gasteiger partial charge in [0.25, 0.3) is 0 Å². The van der Waals surface area contributed by atoms with Crippen molar-refractivity contribution in [3.05, 3.63) is 28.7 Å². The molecule has 0 amide bonds. The monoisotopic (exact) mass is 198 g/mol. The number of nitrogens with one attached hydrogen (secondary N) is 1. The zero-order valence-corrected chi connectivity index (χ0v) is 7.59. The van der Waals surface area contributed by atoms with Gasteiger partial charge in [0.2, 0.25) is 0 Å². The van der Waals surface area contributed by atoms with Gasteiger partial charge in [-0.25, -0.2) is 4.79 Å². The number of imidazole rings is 1. The normalized spacial score (nSPS) is 10.9. The van der Waals surface area contributed by atoms with Gasteiger partial charge in [0.05, 0.1) is 0 Å². The van der Waals surface area contributed by atoms with Crippen LogP contribution in [0.25, 0.3) is 5.65 Å². The number of rotatable bonds is 1. The third-order valence-corrected chi connectivity index (χ3v) is 2.22. The summed E-state index contributed by atoms with van der Waals surface area (Å²) in [7, 11) is 0. The van der Waals surface area contributed by atoms with Gasteiger partial charge in [0.15, 0.2) is 5.69 Å². The maximum absolute atomic E-state index is 10.8. The summed E-state index contributed by atoms with van der Waals surface area (Å²) in [6.45, 7) is 1.82. The third-order valence-electron chi connectivity index (χ3n) is 1.95. The van der Waals surface area contributed by atoms with Gasteiger partial charge in [-0.1, -0.05) is 11.6 Å². The molecule has 13 heavy (non-hydrogen) atoms. The molecule has 0 radical (unpaired) electrons. The molecule has 0 saturated carbocycles. The van der Waals surface area contributed by atoms with E-state index < -0.39 is 5.97 Å². The van der Waals surface area contributed by atoms with Crippen molar-refractivity contribution in [3.8, 4) is 0 Å². The molecule has 5 heteroatoms. The lowest BCUT2D eigenvalue weighted by Crippen LogP contribution is -2.02. The molecule has 4 nitrogen and oxygen atoms in total. The molecule has 0 unspecified atom stereocenters. The summed E-state index contributed by atoms with van der Waals surface area (Å²) >= 11 is 5.72. The Bertz CT molecular complexity index is 484. The van der Waals surface area contributed by atoms with Crippen LogP contribution in [0.5, 0.6) is 0 Å². The number of H-pyrrole nitrogens is 1. The molecule has 68 valence electrons. The average Bonchev–Trinajstić information content (AvgIpc) is 2.51. The molecule has 0 fully saturated rings. The molecular formula is C8H7ClN2O2. The average molecular weight is 199 g/mol. The van der Waals surface area contributed by atoms with Crippen molar-refractivity contribution in [1.29, 1.82) is 0 Å². The van der Waals surface area contributed by atoms with Crippen LogP contribution in [0.1, 0.15) is 16.2 Å². The van der Waals surface area contributed by atoms with Crippen molar-refractivity contribution < 1.29 is 9.90 Å². The van der Waals surface area contributed by atoms with Crippen molar-refractivity contribution in [2.45, 2.75) is 6.92 Å². The molecule has 2 aromatic rings. The molecule has 0 bridgehead atoms. The SMILES string of the molecule is Cc1ccc2[nH]c(Cl)c(C(=O)O)n12. The van der Waals surface area contributed by atoms with Gasteiger partial charge < -0.3 is 10.1 Å². The number of halogens is 1. The van der Waals surface area contributed by atoms with Gasteiger partial charge >= 0.3 is 5.97 Å². The van der Waals surface area contributed by atoms with E-state index in [4.69, 9.17) is 16.7 Å². The number of fused-ring (bicyclic) bond motifs is 1. The molecule has 0 atom stereocenters. The standard InChI is InChI=1S/C8H7ClN2O2/c1-4-2-3-5-10-7(9)6(8(12)13)11(4)5/h2-3,10H,1H3,(H,12,13). The van der Waals surface area contributed by atoms with E-state index >= 15 is 0 Å². The highest BCUT2D eigenvalue weighted by atomic mass is 35.5. The first-order valence-corrected chi connectivity index (χ1v) is 4.08. The van der Waals surface area contributed by atoms with Crippen LogP contribution in [0.4, 0.5) is 0 Å². The zero-order chi connectivity index (χ0) is 9.59. The van der Waals surface area contributed by atoms with E-state index in [2.05, 4.69) is 4.98 Å². The number of aromatic carboxylic acids is 1. The van der Waals surface area contributed by atoms with E-state index in [1.54, 1.807) is 10.5 Å². The predicted molar refractivity (Wildman–Crippen MR) is 48.5 cm³/mol. The van der Waals surface area contributed by atoms with Gasteiger partial charge in [-0.3, -0.25) is 4.40 Å². The van der Waals surface area contributed by atoms with Crippen LogP contribution in [0.3, 0.4) is 0 Å². The zero-order valence-electron chi connectivity index (χ0n) is 6.84. The first-order chi connectivity index (χ1) is 6.11. The Morgan fingerprint density at radius 2 is 2.31 bits per heavy atom. The summed E-state index contributed by atoms with van der Waals surface area (Å²) in [5, 5.41) is 9.03. The molecule has 2 N–H and O–H groups in total. The summed E-state index contributed by atoms with van der Waals surface area (Å²) in [5.41, 5.74) is 1.62. The number of aromatic amines is 1. The first kappa shape index (κ1) is 8.19. The molecule has 2 aromatic heterocycles. The second kappa shape index (κ2) is 2.53. The minimum absolute atomic E-state index is 0.0826. The molecule has 0 saturated heterocycles. The van der Waals surface area contributed by atoms with E-state index in [9.17, 15) is 4.79 Å². The van der Waals surface area contributed by atoms with Crippen molar-refractivity contribution in [2.24, 2.45) is 0 Å². The Morgan fingerprint density at radius 3 is 2.92 bits per heavy atom. The predicted octanol–water partition coefficient (Wildman–Crippen LogP) is 1.93. The summed E-state index contributed by atoms with van der Waals surface area (Å²) in [4.78, 5) is 13.6. The van der Waals surface area contributed by atoms with Crippen LogP contribution in [-0.4, -0.2) is 20.5 Å². The molecular weight excluding hydrogens is 192 g/mol. The van der Waals surface area contributed by atoms with E-state index in [0.717, 1.165) is 5.69 Å². The fourth-order valence-electron chi connectivity index (χ4n) is 1.39. The van der Waals surface area contributed by atoms with Crippen molar-refractivity contribution in [3.63, 3.8) is 0 Å². The molecule has 2 rings (SSSR count). The smallest absolute Gasteiger partial charge is 0.356 e. The number of carboxylic acids is 1. The fraction of sp³-hybridized carbons (Fsp3) is 0.125. The Balaban J connectivity index is 2.90. The molecule has 0 aromatic carbocycles. The van der Waals surface area contributed by atoms with Gasteiger partial charge in [-0.05, 0) is 19.1 Å². The Kier molecular flexibility index (Phi) is 1.60. The van der Waals surface area contributed by atoms with E-state index in [0.29, 0.717) is 5.65 Å². The number of nitrogens with zero attached hydrogens (tertiary/aromatic N) is 1. The number of hydrogen-bond acceptors (Lipinski definition) is 1. The van der Waals surface area contributed by atoms with Crippen LogP contribution in [0, 0.1) is 6.92 Å². The maximum Gasteiger partial charge on any atom is 0.356 e. The van der Waals surface area contributed by atoms with Gasteiger partial charge in [-0.2, -0.15) is 0 Å². The Hall–Kier alpha value is -1.42. The van der Waals surface area contributed by atoms with Crippen LogP contribution >= 0.6 is 11.6 Å². The van der Waals surface area contributed by atoms with Gasteiger partial charge in [0.1, 0.15) is 10.8 Å². The van der Waals surface area contributed by atoms with Crippen LogP contribution < -0.4 is 0 Å². The lowest BCUT2D eigenvalue weighted by molar-refractivity contribution is 0.0689. The number of aromatic nitrogens is 2. The van der Waals surface area contributed by atoms with E-state index in [1.807, 2.05) is 13.0 Å². The minimum Gasteiger partial charge on any atom is -0.476 e. The molecule has 0 aliphatic carbocycles. The van der Waals surface area contributed by atoms with Crippen LogP contribution in [0.2, 0.25) is 5.15 Å². The van der Waals surface area contributed by atoms with Crippen molar-refractivity contribution in [2.75, 3.05) is 0 Å². The second-order valence-electron chi connectivity index (χ2n) is 2.79. The summed E-state index contributed by atoms with van der Waals surface area (Å²) < 4.78 is 1.57. The number of aryl methyl sites for hydroxylation is 1. The van der Waals surface area contributed by atoms with Crippen molar-refractivity contribution in [1.82, 2.24) is 9.38 Å². The minimum atomic E-state index is -1.03. The summed E-state index contributed by atoms with van der Waals surface area (Å²) in [6, 6.07) is 3.61. The van der Waals surface area contributed by atoms with E-state index in [-0.39, 0.29) is 10.8 Å². The van der Waals surface area contributed by atoms with Gasteiger partial charge in [0, 0.05) is 5.69 Å². The lowest BCUT2D eigenvalue weighted by atomic mass is 10.4. The van der Waals surface area contributed by atoms with Gasteiger partial charge in [-0.15, -0.1) is 0 Å². The topological polar surface area (TPSA) is 57.5 Å². The highest BCUT2D eigenvalue weighted by Crippen LogP contribution is 2.20. The lowest BCUT2D eigenvalue weighted by Gasteiger charge is -1.94. The van der Waals surface area contributed by atoms with Crippen molar-refractivity contribution >= 4 is 23.2 Å². The summed E-state index contributed by atoms with van der Waals surface area (Å²) in [5.74, 6) is -1.03. The van der Waals surface area contributed by atoms with Crippen LogP contribution in [0.15, 0.2) is 12.1 Å². The fourth-order valence-corrected chi connectivity index (χ4v) is 1.65.